The number of nitrogens with one attached hydrogen (secondary N) is 1. The van der Waals surface area contributed by atoms with Crippen LogP contribution in [-0.4, -0.2) is 62.0 Å². The summed E-state index contributed by atoms with van der Waals surface area (Å²) in [5.74, 6) is 0.651. The molecule has 1 rings (SSSR count). The molecular formula is C13H28N2O2. The number of aliphatic hydroxyl groups is 1. The minimum absolute atomic E-state index is 0.173. The zero-order valence-electron chi connectivity index (χ0n) is 11.5. The zero-order valence-corrected chi connectivity index (χ0v) is 11.5. The molecule has 102 valence electrons. The van der Waals surface area contributed by atoms with E-state index in [0.29, 0.717) is 5.92 Å². The van der Waals surface area contributed by atoms with Crippen molar-refractivity contribution < 1.29 is 9.84 Å². The lowest BCUT2D eigenvalue weighted by molar-refractivity contribution is 0.0357. The van der Waals surface area contributed by atoms with Gasteiger partial charge in [-0.05, 0) is 39.3 Å². The Morgan fingerprint density at radius 2 is 2.29 bits per heavy atom. The van der Waals surface area contributed by atoms with Gasteiger partial charge in [-0.2, -0.15) is 0 Å². The van der Waals surface area contributed by atoms with Crippen LogP contribution in [0.2, 0.25) is 0 Å². The summed E-state index contributed by atoms with van der Waals surface area (Å²) < 4.78 is 5.50. The molecule has 0 aromatic carbocycles. The second-order valence-corrected chi connectivity index (χ2v) is 5.53. The molecule has 4 heteroatoms. The first-order chi connectivity index (χ1) is 8.09. The Balaban J connectivity index is 2.33. The number of hydrogen-bond acceptors (Lipinski definition) is 4. The van der Waals surface area contributed by atoms with E-state index < -0.39 is 0 Å². The van der Waals surface area contributed by atoms with Crippen molar-refractivity contribution in [2.45, 2.75) is 32.2 Å². The fourth-order valence-corrected chi connectivity index (χ4v) is 2.64. The van der Waals surface area contributed by atoms with Crippen molar-refractivity contribution in [1.29, 1.82) is 0 Å². The fourth-order valence-electron chi connectivity index (χ4n) is 2.64. The summed E-state index contributed by atoms with van der Waals surface area (Å²) in [7, 11) is 2.12. The van der Waals surface area contributed by atoms with E-state index >= 15 is 0 Å². The van der Waals surface area contributed by atoms with E-state index in [-0.39, 0.29) is 12.1 Å². The van der Waals surface area contributed by atoms with Crippen molar-refractivity contribution in [3.63, 3.8) is 0 Å². The molecule has 1 heterocycles. The van der Waals surface area contributed by atoms with Crippen LogP contribution in [0.1, 0.15) is 26.7 Å². The van der Waals surface area contributed by atoms with Crippen molar-refractivity contribution in [2.75, 3.05) is 46.5 Å². The van der Waals surface area contributed by atoms with Gasteiger partial charge in [-0.25, -0.2) is 0 Å². The number of rotatable bonds is 7. The van der Waals surface area contributed by atoms with Gasteiger partial charge in [0.25, 0.3) is 0 Å². The molecule has 0 aromatic heterocycles. The van der Waals surface area contributed by atoms with Crippen LogP contribution in [-0.2, 0) is 4.74 Å². The standard InChI is InChI=1S/C13H28N2O2/c1-4-14-13(2,11-16)10-15(3)8-12-6-5-7-17-9-12/h12,14,16H,4-11H2,1-3H3. The molecule has 0 aliphatic carbocycles. The molecule has 0 amide bonds. The first-order valence-corrected chi connectivity index (χ1v) is 6.72. The molecule has 2 unspecified atom stereocenters. The average Bonchev–Trinajstić information content (AvgIpc) is 2.30. The lowest BCUT2D eigenvalue weighted by Crippen LogP contribution is -2.54. The molecule has 0 aromatic rings. The maximum Gasteiger partial charge on any atom is 0.0623 e. The largest absolute Gasteiger partial charge is 0.394 e. The smallest absolute Gasteiger partial charge is 0.0623 e. The zero-order chi connectivity index (χ0) is 12.7. The monoisotopic (exact) mass is 244 g/mol. The van der Waals surface area contributed by atoms with Gasteiger partial charge in [-0.1, -0.05) is 6.92 Å². The Morgan fingerprint density at radius 3 is 2.82 bits per heavy atom. The molecule has 1 aliphatic heterocycles. The lowest BCUT2D eigenvalue weighted by Gasteiger charge is -2.35. The summed E-state index contributed by atoms with van der Waals surface area (Å²) in [6.45, 7) is 8.94. The van der Waals surface area contributed by atoms with E-state index in [1.54, 1.807) is 0 Å². The quantitative estimate of drug-likeness (QED) is 0.692. The topological polar surface area (TPSA) is 44.7 Å². The molecule has 4 nitrogen and oxygen atoms in total. The Labute approximate surface area is 105 Å². The van der Waals surface area contributed by atoms with E-state index in [2.05, 4.69) is 31.1 Å². The Morgan fingerprint density at radius 1 is 1.53 bits per heavy atom. The molecule has 2 atom stereocenters. The van der Waals surface area contributed by atoms with Gasteiger partial charge in [0.1, 0.15) is 0 Å². The highest BCUT2D eigenvalue weighted by Gasteiger charge is 2.25. The highest BCUT2D eigenvalue weighted by atomic mass is 16.5. The number of hydrogen-bond donors (Lipinski definition) is 2. The van der Waals surface area contributed by atoms with E-state index in [1.165, 1.54) is 12.8 Å². The highest BCUT2D eigenvalue weighted by molar-refractivity contribution is 4.85. The van der Waals surface area contributed by atoms with Crippen molar-refractivity contribution >= 4 is 0 Å². The van der Waals surface area contributed by atoms with E-state index in [1.807, 2.05) is 0 Å². The molecule has 17 heavy (non-hydrogen) atoms. The molecule has 1 fully saturated rings. The van der Waals surface area contributed by atoms with Crippen LogP contribution in [0.3, 0.4) is 0 Å². The van der Waals surface area contributed by atoms with E-state index in [4.69, 9.17) is 4.74 Å². The van der Waals surface area contributed by atoms with Crippen LogP contribution in [0.5, 0.6) is 0 Å². The third kappa shape index (κ3) is 5.34. The van der Waals surface area contributed by atoms with E-state index in [0.717, 1.165) is 32.8 Å². The molecule has 2 N–H and O–H groups in total. The van der Waals surface area contributed by atoms with Crippen LogP contribution in [0, 0.1) is 5.92 Å². The number of likely N-dealkylation sites (N-methyl/N-ethyl adjacent to an activating group) is 2. The molecule has 0 saturated carbocycles. The van der Waals surface area contributed by atoms with Gasteiger partial charge < -0.3 is 20.1 Å². The van der Waals surface area contributed by atoms with Crippen molar-refractivity contribution in [3.8, 4) is 0 Å². The first kappa shape index (κ1) is 14.9. The van der Waals surface area contributed by atoms with Crippen LogP contribution in [0.25, 0.3) is 0 Å². The SMILES string of the molecule is CCNC(C)(CO)CN(C)CC1CCCOC1. The lowest BCUT2D eigenvalue weighted by atomic mass is 9.99. The third-order valence-electron chi connectivity index (χ3n) is 3.40. The molecule has 1 saturated heterocycles. The molecular weight excluding hydrogens is 216 g/mol. The minimum atomic E-state index is -0.195. The van der Waals surface area contributed by atoms with Gasteiger partial charge in [0.2, 0.25) is 0 Å². The summed E-state index contributed by atoms with van der Waals surface area (Å²) in [4.78, 5) is 2.30. The highest BCUT2D eigenvalue weighted by Crippen LogP contribution is 2.15. The Hall–Kier alpha value is -0.160. The van der Waals surface area contributed by atoms with E-state index in [9.17, 15) is 5.11 Å². The molecule has 0 bridgehead atoms. The van der Waals surface area contributed by atoms with Crippen molar-refractivity contribution in [2.24, 2.45) is 5.92 Å². The van der Waals surface area contributed by atoms with Gasteiger partial charge in [0.05, 0.1) is 18.8 Å². The molecule has 0 radical (unpaired) electrons. The normalized spacial score (nSPS) is 24.9. The van der Waals surface area contributed by atoms with Crippen molar-refractivity contribution in [1.82, 2.24) is 10.2 Å². The van der Waals surface area contributed by atoms with Crippen LogP contribution in [0.4, 0.5) is 0 Å². The Kier molecular flexibility index (Phi) is 6.41. The number of aliphatic hydroxyl groups excluding tert-OH is 1. The van der Waals surface area contributed by atoms with Crippen molar-refractivity contribution in [3.05, 3.63) is 0 Å². The van der Waals surface area contributed by atoms with Gasteiger partial charge >= 0.3 is 0 Å². The summed E-state index contributed by atoms with van der Waals surface area (Å²) in [5, 5.41) is 12.8. The summed E-state index contributed by atoms with van der Waals surface area (Å²) >= 11 is 0. The molecule has 0 spiro atoms. The van der Waals surface area contributed by atoms with Gasteiger partial charge in [-0.15, -0.1) is 0 Å². The van der Waals surface area contributed by atoms with Crippen LogP contribution >= 0.6 is 0 Å². The predicted octanol–water partition coefficient (Wildman–Crippen LogP) is 0.705. The van der Waals surface area contributed by atoms with Crippen LogP contribution in [0.15, 0.2) is 0 Å². The summed E-state index contributed by atoms with van der Waals surface area (Å²) in [5.41, 5.74) is -0.195. The summed E-state index contributed by atoms with van der Waals surface area (Å²) in [6, 6.07) is 0. The van der Waals surface area contributed by atoms with Gasteiger partial charge in [0, 0.05) is 19.7 Å². The third-order valence-corrected chi connectivity index (χ3v) is 3.40. The van der Waals surface area contributed by atoms with Gasteiger partial charge in [-0.3, -0.25) is 0 Å². The van der Waals surface area contributed by atoms with Gasteiger partial charge in [0.15, 0.2) is 0 Å². The minimum Gasteiger partial charge on any atom is -0.394 e. The second-order valence-electron chi connectivity index (χ2n) is 5.53. The number of ether oxygens (including phenoxy) is 1. The van der Waals surface area contributed by atoms with Crippen LogP contribution < -0.4 is 5.32 Å². The maximum absolute atomic E-state index is 9.46. The number of nitrogens with zero attached hydrogens (tertiary/aromatic N) is 1. The average molecular weight is 244 g/mol. The first-order valence-electron chi connectivity index (χ1n) is 6.72. The fraction of sp³-hybridized carbons (Fsp3) is 1.00. The molecule has 1 aliphatic rings. The predicted molar refractivity (Wildman–Crippen MR) is 70.2 cm³/mol. The second kappa shape index (κ2) is 7.31. The Bertz CT molecular complexity index is 208. The summed E-state index contributed by atoms with van der Waals surface area (Å²) in [6.07, 6.45) is 2.45. The maximum atomic E-state index is 9.46.